The van der Waals surface area contributed by atoms with Crippen LogP contribution in [0.15, 0.2) is 12.7 Å². The van der Waals surface area contributed by atoms with Crippen LogP contribution >= 0.6 is 0 Å². The molecule has 7 nitrogen and oxygen atoms in total. The number of nitrogens with zero attached hydrogens (tertiary/aromatic N) is 4. The molecular weight excluding hydrogens is 258 g/mol. The predicted octanol–water partition coefficient (Wildman–Crippen LogP) is 1.58. The summed E-state index contributed by atoms with van der Waals surface area (Å²) in [5.41, 5.74) is 1.54. The van der Waals surface area contributed by atoms with Gasteiger partial charge in [0, 0.05) is 20.6 Å². The molecule has 20 heavy (non-hydrogen) atoms. The fourth-order valence-electron chi connectivity index (χ4n) is 2.73. The first-order chi connectivity index (χ1) is 9.78. The second-order valence-corrected chi connectivity index (χ2v) is 4.84. The van der Waals surface area contributed by atoms with Gasteiger partial charge in [0.05, 0.1) is 18.5 Å². The van der Waals surface area contributed by atoms with Crippen molar-refractivity contribution >= 4 is 17.0 Å². The summed E-state index contributed by atoms with van der Waals surface area (Å²) in [5.74, 6) is 0.724. The van der Waals surface area contributed by atoms with E-state index in [1.807, 2.05) is 11.6 Å². The van der Waals surface area contributed by atoms with E-state index in [-0.39, 0.29) is 18.4 Å². The molecule has 0 radical (unpaired) electrons. The number of imidazole rings is 1. The molecule has 0 saturated carbocycles. The highest BCUT2D eigenvalue weighted by Crippen LogP contribution is 2.34. The molecule has 2 aromatic heterocycles. The standard InChI is InChI=1S/C13H19N5O2/c1-4-8-9(19-3)5-10(20-8)18-7-17-11-12(14-2)15-6-16-13(11)18/h6-10H,4-5H2,1-3H3,(H,14,15,16)/t8-,9+,10-/m1/s1. The monoisotopic (exact) mass is 277 g/mol. The number of ether oxygens (including phenoxy) is 2. The van der Waals surface area contributed by atoms with E-state index < -0.39 is 0 Å². The molecule has 3 rings (SSSR count). The molecule has 0 aliphatic carbocycles. The Hall–Kier alpha value is -1.73. The van der Waals surface area contributed by atoms with Gasteiger partial charge in [0.25, 0.3) is 0 Å². The van der Waals surface area contributed by atoms with E-state index in [9.17, 15) is 0 Å². The minimum atomic E-state index is -0.0884. The Kier molecular flexibility index (Phi) is 3.54. The third-order valence-electron chi connectivity index (χ3n) is 3.79. The lowest BCUT2D eigenvalue weighted by Crippen LogP contribution is -2.21. The summed E-state index contributed by atoms with van der Waals surface area (Å²) < 4.78 is 13.5. The van der Waals surface area contributed by atoms with Gasteiger partial charge in [-0.25, -0.2) is 15.0 Å². The summed E-state index contributed by atoms with van der Waals surface area (Å²) in [7, 11) is 3.55. The summed E-state index contributed by atoms with van der Waals surface area (Å²) in [6.07, 6.45) is 5.18. The minimum absolute atomic E-state index is 0.0884. The molecule has 1 N–H and O–H groups in total. The van der Waals surface area contributed by atoms with Gasteiger partial charge in [0.1, 0.15) is 18.1 Å². The zero-order valence-electron chi connectivity index (χ0n) is 11.9. The number of methoxy groups -OCH3 is 1. The Balaban J connectivity index is 1.96. The van der Waals surface area contributed by atoms with Crippen LogP contribution in [-0.2, 0) is 9.47 Å². The van der Waals surface area contributed by atoms with Crippen molar-refractivity contribution in [2.45, 2.75) is 38.2 Å². The average Bonchev–Trinajstić information content (AvgIpc) is 3.09. The Morgan fingerprint density at radius 3 is 2.95 bits per heavy atom. The molecule has 2 aromatic rings. The van der Waals surface area contributed by atoms with Gasteiger partial charge in [-0.2, -0.15) is 0 Å². The maximum absolute atomic E-state index is 6.06. The van der Waals surface area contributed by atoms with E-state index in [4.69, 9.17) is 9.47 Å². The van der Waals surface area contributed by atoms with Crippen molar-refractivity contribution in [3.05, 3.63) is 12.7 Å². The van der Waals surface area contributed by atoms with E-state index in [0.717, 1.165) is 29.8 Å². The van der Waals surface area contributed by atoms with Crippen LogP contribution in [0.2, 0.25) is 0 Å². The van der Waals surface area contributed by atoms with Crippen LogP contribution in [0.4, 0.5) is 5.82 Å². The number of nitrogens with one attached hydrogen (secondary N) is 1. The molecule has 0 amide bonds. The lowest BCUT2D eigenvalue weighted by atomic mass is 10.1. The van der Waals surface area contributed by atoms with Crippen LogP contribution in [0.3, 0.4) is 0 Å². The quantitative estimate of drug-likeness (QED) is 0.914. The Morgan fingerprint density at radius 1 is 1.45 bits per heavy atom. The summed E-state index contributed by atoms with van der Waals surface area (Å²) in [5, 5.41) is 3.02. The normalized spacial score (nSPS) is 26.2. The summed E-state index contributed by atoms with van der Waals surface area (Å²) in [6.45, 7) is 2.10. The third kappa shape index (κ3) is 2.03. The molecule has 108 valence electrons. The molecule has 1 fully saturated rings. The summed E-state index contributed by atoms with van der Waals surface area (Å²) in [6, 6.07) is 0. The topological polar surface area (TPSA) is 74.1 Å². The number of anilines is 1. The molecule has 0 aromatic carbocycles. The Morgan fingerprint density at radius 2 is 2.30 bits per heavy atom. The Bertz CT molecular complexity index is 587. The number of hydrogen-bond acceptors (Lipinski definition) is 6. The fraction of sp³-hybridized carbons (Fsp3) is 0.615. The molecule has 1 aliphatic rings. The van der Waals surface area contributed by atoms with Gasteiger partial charge in [-0.05, 0) is 6.42 Å². The zero-order valence-corrected chi connectivity index (χ0v) is 11.9. The van der Waals surface area contributed by atoms with Crippen molar-refractivity contribution in [2.24, 2.45) is 0 Å². The first-order valence-electron chi connectivity index (χ1n) is 6.82. The van der Waals surface area contributed by atoms with Crippen LogP contribution in [0.25, 0.3) is 11.2 Å². The minimum Gasteiger partial charge on any atom is -0.379 e. The molecule has 3 heterocycles. The molecule has 0 unspecified atom stereocenters. The van der Waals surface area contributed by atoms with Crippen LogP contribution in [0, 0.1) is 0 Å². The highest BCUT2D eigenvalue weighted by molar-refractivity contribution is 5.82. The van der Waals surface area contributed by atoms with Crippen LogP contribution < -0.4 is 5.32 Å². The van der Waals surface area contributed by atoms with E-state index >= 15 is 0 Å². The second-order valence-electron chi connectivity index (χ2n) is 4.84. The molecule has 0 bridgehead atoms. The number of aromatic nitrogens is 4. The van der Waals surface area contributed by atoms with Gasteiger partial charge < -0.3 is 14.8 Å². The summed E-state index contributed by atoms with van der Waals surface area (Å²) >= 11 is 0. The lowest BCUT2D eigenvalue weighted by molar-refractivity contribution is -0.0273. The predicted molar refractivity (Wildman–Crippen MR) is 74.5 cm³/mol. The molecular formula is C13H19N5O2. The Labute approximate surface area is 117 Å². The maximum atomic E-state index is 6.06. The summed E-state index contributed by atoms with van der Waals surface area (Å²) in [4.78, 5) is 12.9. The molecule has 3 atom stereocenters. The molecule has 7 heteroatoms. The second kappa shape index (κ2) is 5.34. The maximum Gasteiger partial charge on any atom is 0.167 e. The number of rotatable bonds is 4. The van der Waals surface area contributed by atoms with Gasteiger partial charge in [-0.15, -0.1) is 0 Å². The highest BCUT2D eigenvalue weighted by Gasteiger charge is 2.36. The van der Waals surface area contributed by atoms with E-state index in [0.29, 0.717) is 0 Å². The number of hydrogen-bond donors (Lipinski definition) is 1. The first-order valence-corrected chi connectivity index (χ1v) is 6.82. The van der Waals surface area contributed by atoms with Crippen molar-refractivity contribution in [1.29, 1.82) is 0 Å². The lowest BCUT2D eigenvalue weighted by Gasteiger charge is -2.14. The van der Waals surface area contributed by atoms with Crippen LogP contribution in [-0.4, -0.2) is 45.9 Å². The molecule has 1 aliphatic heterocycles. The van der Waals surface area contributed by atoms with Gasteiger partial charge in [-0.3, -0.25) is 4.57 Å². The highest BCUT2D eigenvalue weighted by atomic mass is 16.6. The van der Waals surface area contributed by atoms with E-state index in [1.54, 1.807) is 13.4 Å². The third-order valence-corrected chi connectivity index (χ3v) is 3.79. The zero-order chi connectivity index (χ0) is 14.1. The SMILES string of the molecule is CC[C@H]1O[C@@H](n2cnc3c(NC)ncnc32)C[C@@H]1OC. The van der Waals surface area contributed by atoms with Crippen LogP contribution in [0.5, 0.6) is 0 Å². The largest absolute Gasteiger partial charge is 0.379 e. The van der Waals surface area contributed by atoms with Crippen molar-refractivity contribution in [1.82, 2.24) is 19.5 Å². The first kappa shape index (κ1) is 13.3. The fourth-order valence-corrected chi connectivity index (χ4v) is 2.73. The molecule has 1 saturated heterocycles. The van der Waals surface area contributed by atoms with Gasteiger partial charge in [0.15, 0.2) is 11.5 Å². The van der Waals surface area contributed by atoms with Crippen molar-refractivity contribution in [3.8, 4) is 0 Å². The van der Waals surface area contributed by atoms with Crippen LogP contribution in [0.1, 0.15) is 26.0 Å². The van der Waals surface area contributed by atoms with Gasteiger partial charge in [0.2, 0.25) is 0 Å². The van der Waals surface area contributed by atoms with E-state index in [1.165, 1.54) is 6.33 Å². The smallest absolute Gasteiger partial charge is 0.167 e. The van der Waals surface area contributed by atoms with Gasteiger partial charge >= 0.3 is 0 Å². The van der Waals surface area contributed by atoms with Crippen molar-refractivity contribution < 1.29 is 9.47 Å². The van der Waals surface area contributed by atoms with Crippen molar-refractivity contribution in [3.63, 3.8) is 0 Å². The molecule has 0 spiro atoms. The van der Waals surface area contributed by atoms with Crippen molar-refractivity contribution in [2.75, 3.05) is 19.5 Å². The van der Waals surface area contributed by atoms with E-state index in [2.05, 4.69) is 27.2 Å². The average molecular weight is 277 g/mol. The number of fused-ring (bicyclic) bond motifs is 1. The van der Waals surface area contributed by atoms with Gasteiger partial charge in [-0.1, -0.05) is 6.92 Å².